The molecule has 4 rings (SSSR count). The van der Waals surface area contributed by atoms with Gasteiger partial charge in [0.25, 0.3) is 11.5 Å². The van der Waals surface area contributed by atoms with Gasteiger partial charge in [0.2, 0.25) is 11.7 Å². The van der Waals surface area contributed by atoms with Crippen LogP contribution in [0.3, 0.4) is 0 Å². The molecule has 1 saturated heterocycles. The zero-order chi connectivity index (χ0) is 23.9. The molecule has 2 aliphatic heterocycles. The Morgan fingerprint density at radius 2 is 2.15 bits per heavy atom. The predicted molar refractivity (Wildman–Crippen MR) is 116 cm³/mol. The summed E-state index contributed by atoms with van der Waals surface area (Å²) in [5.74, 6) is -2.01. The molecule has 10 nitrogen and oxygen atoms in total. The third kappa shape index (κ3) is 4.09. The number of ether oxygens (including phenoxy) is 1. The summed E-state index contributed by atoms with van der Waals surface area (Å²) in [6.07, 6.45) is 0.866. The van der Waals surface area contributed by atoms with E-state index in [1.165, 1.54) is 27.7 Å². The monoisotopic (exact) mass is 459 g/mol. The Hall–Kier alpha value is -3.31. The van der Waals surface area contributed by atoms with E-state index >= 15 is 0 Å². The number of amides is 2. The molecule has 0 saturated carbocycles. The van der Waals surface area contributed by atoms with Crippen LogP contribution in [0.2, 0.25) is 0 Å². The van der Waals surface area contributed by atoms with Crippen LogP contribution in [0.15, 0.2) is 23.0 Å². The van der Waals surface area contributed by atoms with Crippen LogP contribution >= 0.6 is 0 Å². The van der Waals surface area contributed by atoms with E-state index in [1.54, 1.807) is 13.8 Å². The van der Waals surface area contributed by atoms with Crippen LogP contribution in [-0.4, -0.2) is 45.7 Å². The van der Waals surface area contributed by atoms with Crippen molar-refractivity contribution in [3.8, 4) is 5.75 Å². The van der Waals surface area contributed by atoms with Gasteiger partial charge in [-0.1, -0.05) is 6.07 Å². The maximum absolute atomic E-state index is 14.0. The number of aromatic hydroxyl groups is 1. The summed E-state index contributed by atoms with van der Waals surface area (Å²) < 4.78 is 20.9. The minimum absolute atomic E-state index is 0.0883. The lowest BCUT2D eigenvalue weighted by Gasteiger charge is -2.32. The van der Waals surface area contributed by atoms with Gasteiger partial charge in [-0.15, -0.1) is 0 Å². The summed E-state index contributed by atoms with van der Waals surface area (Å²) in [6.45, 7) is 4.06. The number of rotatable bonds is 5. The number of nitrogens with one attached hydrogen (secondary N) is 1. The first kappa shape index (κ1) is 22.9. The van der Waals surface area contributed by atoms with Gasteiger partial charge in [-0.2, -0.15) is 0 Å². The maximum atomic E-state index is 14.0. The van der Waals surface area contributed by atoms with Crippen LogP contribution < -0.4 is 21.5 Å². The molecule has 33 heavy (non-hydrogen) atoms. The van der Waals surface area contributed by atoms with E-state index in [9.17, 15) is 23.9 Å². The quantitative estimate of drug-likeness (QED) is 0.599. The standard InChI is InChI=1S/C22H26FN5O5/c1-22(2)21-26-17(18(30)20(32)27(21)7-8-33-22)19(31)25-11-12-3-4-13(23)9-15(12)28-14(10-24)5-6-16(28)29/h3-4,9,14,30H,5-8,10-11,24H2,1-2H3,(H,25,31). The molecular weight excluding hydrogens is 433 g/mol. The molecule has 0 spiro atoms. The minimum atomic E-state index is -0.919. The average molecular weight is 459 g/mol. The number of benzene rings is 1. The van der Waals surface area contributed by atoms with Crippen molar-refractivity contribution in [1.29, 1.82) is 0 Å². The van der Waals surface area contributed by atoms with Crippen molar-refractivity contribution in [2.45, 2.75) is 51.4 Å². The largest absolute Gasteiger partial charge is 0.501 e. The summed E-state index contributed by atoms with van der Waals surface area (Å²) in [4.78, 5) is 43.6. The van der Waals surface area contributed by atoms with Crippen LogP contribution in [0, 0.1) is 5.82 Å². The number of aromatic nitrogens is 2. The highest BCUT2D eigenvalue weighted by atomic mass is 19.1. The molecular formula is C22H26FN5O5. The SMILES string of the molecule is CC1(C)OCCn2c1nc(C(=O)NCc1ccc(F)cc1N1C(=O)CCC1CN)c(O)c2=O. The van der Waals surface area contributed by atoms with Crippen LogP contribution in [0.1, 0.15) is 48.6 Å². The van der Waals surface area contributed by atoms with Crippen molar-refractivity contribution in [1.82, 2.24) is 14.9 Å². The van der Waals surface area contributed by atoms with E-state index in [4.69, 9.17) is 10.5 Å². The lowest BCUT2D eigenvalue weighted by molar-refractivity contribution is -0.117. The lowest BCUT2D eigenvalue weighted by Crippen LogP contribution is -2.42. The normalized spacial score (nSPS) is 19.5. The molecule has 1 aromatic heterocycles. The minimum Gasteiger partial charge on any atom is -0.501 e. The molecule has 1 atom stereocenters. The second kappa shape index (κ2) is 8.56. The molecule has 11 heteroatoms. The van der Waals surface area contributed by atoms with Gasteiger partial charge in [0, 0.05) is 25.6 Å². The molecule has 1 unspecified atom stereocenters. The third-order valence-corrected chi connectivity index (χ3v) is 6.02. The van der Waals surface area contributed by atoms with E-state index < -0.39 is 34.3 Å². The van der Waals surface area contributed by atoms with Crippen LogP contribution in [0.5, 0.6) is 5.75 Å². The topological polar surface area (TPSA) is 140 Å². The van der Waals surface area contributed by atoms with Crippen molar-refractivity contribution in [3.05, 3.63) is 51.5 Å². The van der Waals surface area contributed by atoms with Gasteiger partial charge >= 0.3 is 0 Å². The highest BCUT2D eigenvalue weighted by molar-refractivity contribution is 5.97. The summed E-state index contributed by atoms with van der Waals surface area (Å²) in [5.41, 5.74) is 4.52. The van der Waals surface area contributed by atoms with Crippen LogP contribution in [0.4, 0.5) is 10.1 Å². The Balaban J connectivity index is 1.63. The smallest absolute Gasteiger partial charge is 0.296 e. The number of anilines is 1. The highest BCUT2D eigenvalue weighted by Crippen LogP contribution is 2.31. The zero-order valence-electron chi connectivity index (χ0n) is 18.4. The van der Waals surface area contributed by atoms with Crippen molar-refractivity contribution in [2.24, 2.45) is 5.73 Å². The Labute approximate surface area is 189 Å². The van der Waals surface area contributed by atoms with E-state index in [0.717, 1.165) is 0 Å². The summed E-state index contributed by atoms with van der Waals surface area (Å²) in [7, 11) is 0. The van der Waals surface area contributed by atoms with Gasteiger partial charge in [0.15, 0.2) is 5.69 Å². The first-order chi connectivity index (χ1) is 15.6. The van der Waals surface area contributed by atoms with Crippen LogP contribution in [-0.2, 0) is 28.2 Å². The molecule has 176 valence electrons. The Kier molecular flexibility index (Phi) is 5.93. The average Bonchev–Trinajstić information content (AvgIpc) is 3.15. The van der Waals surface area contributed by atoms with E-state index in [2.05, 4.69) is 10.3 Å². The molecule has 2 aromatic rings. The molecule has 2 aliphatic rings. The number of hydrogen-bond acceptors (Lipinski definition) is 7. The van der Waals surface area contributed by atoms with Gasteiger partial charge in [-0.3, -0.25) is 19.0 Å². The van der Waals surface area contributed by atoms with Gasteiger partial charge < -0.3 is 25.8 Å². The predicted octanol–water partition coefficient (Wildman–Crippen LogP) is 0.737. The Morgan fingerprint density at radius 3 is 2.88 bits per heavy atom. The summed E-state index contributed by atoms with van der Waals surface area (Å²) >= 11 is 0. The fourth-order valence-corrected chi connectivity index (χ4v) is 4.29. The van der Waals surface area contributed by atoms with Gasteiger partial charge in [-0.25, -0.2) is 9.37 Å². The number of halogens is 1. The van der Waals surface area contributed by atoms with Crippen LogP contribution in [0.25, 0.3) is 0 Å². The second-order valence-corrected chi connectivity index (χ2v) is 8.60. The summed E-state index contributed by atoms with van der Waals surface area (Å²) in [5, 5.41) is 12.9. The summed E-state index contributed by atoms with van der Waals surface area (Å²) in [6, 6.07) is 3.66. The zero-order valence-corrected chi connectivity index (χ0v) is 18.4. The first-order valence-electron chi connectivity index (χ1n) is 10.7. The van der Waals surface area contributed by atoms with Gasteiger partial charge in [0.1, 0.15) is 17.2 Å². The Morgan fingerprint density at radius 1 is 1.39 bits per heavy atom. The molecule has 0 bridgehead atoms. The number of hydrogen-bond donors (Lipinski definition) is 3. The molecule has 1 fully saturated rings. The molecule has 0 aliphatic carbocycles. The van der Waals surface area contributed by atoms with Crippen molar-refractivity contribution in [3.63, 3.8) is 0 Å². The van der Waals surface area contributed by atoms with Crippen molar-refractivity contribution < 1.29 is 23.8 Å². The molecule has 0 radical (unpaired) electrons. The molecule has 4 N–H and O–H groups in total. The fourth-order valence-electron chi connectivity index (χ4n) is 4.29. The number of carbonyl (C=O) groups is 2. The molecule has 3 heterocycles. The lowest BCUT2D eigenvalue weighted by atomic mass is 10.1. The molecule has 2 amide bonds. The third-order valence-electron chi connectivity index (χ3n) is 6.02. The maximum Gasteiger partial charge on any atom is 0.296 e. The number of carbonyl (C=O) groups excluding carboxylic acids is 2. The number of nitrogens with zero attached hydrogens (tertiary/aromatic N) is 3. The van der Waals surface area contributed by atoms with Crippen molar-refractivity contribution >= 4 is 17.5 Å². The number of nitrogens with two attached hydrogens (primary N) is 1. The first-order valence-corrected chi connectivity index (χ1v) is 10.7. The van der Waals surface area contributed by atoms with Gasteiger partial charge in [0.05, 0.1) is 18.8 Å². The fraction of sp³-hybridized carbons (Fsp3) is 0.455. The highest BCUT2D eigenvalue weighted by Gasteiger charge is 2.35. The van der Waals surface area contributed by atoms with E-state index in [0.29, 0.717) is 24.1 Å². The van der Waals surface area contributed by atoms with Crippen molar-refractivity contribution in [2.75, 3.05) is 18.1 Å². The van der Waals surface area contributed by atoms with E-state index in [-0.39, 0.29) is 44.0 Å². The van der Waals surface area contributed by atoms with Gasteiger partial charge in [-0.05, 0) is 38.0 Å². The molecule has 1 aromatic carbocycles. The number of fused-ring (bicyclic) bond motifs is 1. The van der Waals surface area contributed by atoms with E-state index in [1.807, 2.05) is 0 Å². The second-order valence-electron chi connectivity index (χ2n) is 8.60. The Bertz CT molecular complexity index is 1180.